The van der Waals surface area contributed by atoms with E-state index < -0.39 is 12.5 Å². The van der Waals surface area contributed by atoms with Crippen LogP contribution in [0, 0.1) is 5.82 Å². The van der Waals surface area contributed by atoms with Crippen LogP contribution in [-0.2, 0) is 19.8 Å². The Balaban J connectivity index is 1.78. The van der Waals surface area contributed by atoms with Gasteiger partial charge in [-0.05, 0) is 18.1 Å². The first-order valence-corrected chi connectivity index (χ1v) is 7.37. The molecule has 0 amide bonds. The number of benzene rings is 1. The third-order valence-electron chi connectivity index (χ3n) is 3.88. The molecule has 0 fully saturated rings. The Morgan fingerprint density at radius 3 is 2.87 bits per heavy atom. The highest BCUT2D eigenvalue weighted by Gasteiger charge is 2.17. The summed E-state index contributed by atoms with van der Waals surface area (Å²) in [5, 5.41) is 0. The van der Waals surface area contributed by atoms with Gasteiger partial charge in [0.05, 0.1) is 0 Å². The van der Waals surface area contributed by atoms with E-state index >= 15 is 0 Å². The molecule has 2 aromatic rings. The fraction of sp³-hybridized carbons (Fsp3) is 0.375. The first-order valence-electron chi connectivity index (χ1n) is 7.37. The van der Waals surface area contributed by atoms with E-state index in [9.17, 15) is 13.6 Å². The average Bonchev–Trinajstić information content (AvgIpc) is 2.54. The molecule has 0 aliphatic carbocycles. The number of ether oxygens (including phenoxy) is 1. The van der Waals surface area contributed by atoms with Crippen LogP contribution in [0.1, 0.15) is 17.5 Å². The number of rotatable bonds is 4. The molecule has 0 saturated carbocycles. The monoisotopic (exact) mass is 321 g/mol. The minimum atomic E-state index is -0.845. The number of alkyl halides is 1. The van der Waals surface area contributed by atoms with Crippen molar-refractivity contribution in [3.05, 3.63) is 51.7 Å². The maximum absolute atomic E-state index is 13.5. The van der Waals surface area contributed by atoms with Crippen LogP contribution in [0.25, 0.3) is 0 Å². The second kappa shape index (κ2) is 6.36. The molecule has 0 N–H and O–H groups in total. The second-order valence-electron chi connectivity index (χ2n) is 5.51. The van der Waals surface area contributed by atoms with Gasteiger partial charge in [0.25, 0.3) is 0 Å². The van der Waals surface area contributed by atoms with Crippen molar-refractivity contribution < 1.29 is 13.5 Å². The maximum atomic E-state index is 13.5. The van der Waals surface area contributed by atoms with Gasteiger partial charge < -0.3 is 9.64 Å². The molecule has 0 spiro atoms. The van der Waals surface area contributed by atoms with Gasteiger partial charge in [0.1, 0.15) is 24.9 Å². The standard InChI is InChI=1S/C16H17F2N3O2/c1-20-5-2-6-21-15(20)8-14(19-16(21)22)23-10-11-3-4-12(9-17)13(18)7-11/h3-4,7-8H,2,5-6,9-10H2,1H3. The molecule has 23 heavy (non-hydrogen) atoms. The Morgan fingerprint density at radius 2 is 2.13 bits per heavy atom. The highest BCUT2D eigenvalue weighted by atomic mass is 19.1. The number of fused-ring (bicyclic) bond motifs is 1. The third kappa shape index (κ3) is 3.18. The lowest BCUT2D eigenvalue weighted by Crippen LogP contribution is -2.36. The predicted molar refractivity (Wildman–Crippen MR) is 81.9 cm³/mol. The molecule has 1 aliphatic heterocycles. The van der Waals surface area contributed by atoms with Crippen LogP contribution in [0.4, 0.5) is 14.6 Å². The van der Waals surface area contributed by atoms with Gasteiger partial charge in [-0.25, -0.2) is 13.6 Å². The summed E-state index contributed by atoms with van der Waals surface area (Å²) in [6.45, 7) is 0.714. The molecule has 0 bridgehead atoms. The Morgan fingerprint density at radius 1 is 1.30 bits per heavy atom. The van der Waals surface area contributed by atoms with Crippen molar-refractivity contribution in [1.82, 2.24) is 9.55 Å². The molecule has 7 heteroatoms. The minimum Gasteiger partial charge on any atom is -0.473 e. The Labute approximate surface area is 132 Å². The zero-order chi connectivity index (χ0) is 16.4. The van der Waals surface area contributed by atoms with Gasteiger partial charge in [-0.3, -0.25) is 4.57 Å². The summed E-state index contributed by atoms with van der Waals surface area (Å²) in [5.41, 5.74) is 0.205. The Bertz CT molecular complexity index is 776. The first-order chi connectivity index (χ1) is 11.1. The predicted octanol–water partition coefficient (Wildman–Crippen LogP) is 2.27. The lowest BCUT2D eigenvalue weighted by atomic mass is 10.1. The van der Waals surface area contributed by atoms with Gasteiger partial charge in [0, 0.05) is 31.8 Å². The molecule has 5 nitrogen and oxygen atoms in total. The molecule has 3 rings (SSSR count). The van der Waals surface area contributed by atoms with Crippen molar-refractivity contribution in [3.63, 3.8) is 0 Å². The minimum absolute atomic E-state index is 0.0144. The van der Waals surface area contributed by atoms with Crippen LogP contribution in [0.2, 0.25) is 0 Å². The van der Waals surface area contributed by atoms with E-state index in [2.05, 4.69) is 4.98 Å². The molecule has 122 valence electrons. The normalized spacial score (nSPS) is 13.8. The lowest BCUT2D eigenvalue weighted by Gasteiger charge is -2.28. The summed E-state index contributed by atoms with van der Waals surface area (Å²) in [6.07, 6.45) is 0.894. The van der Waals surface area contributed by atoms with Crippen LogP contribution in [0.15, 0.2) is 29.1 Å². The molecule has 0 atom stereocenters. The largest absolute Gasteiger partial charge is 0.473 e. The topological polar surface area (TPSA) is 47.4 Å². The van der Waals surface area contributed by atoms with Gasteiger partial charge in [-0.15, -0.1) is 0 Å². The number of anilines is 1. The van der Waals surface area contributed by atoms with Crippen LogP contribution in [0.5, 0.6) is 5.88 Å². The summed E-state index contributed by atoms with van der Waals surface area (Å²) in [6, 6.07) is 5.91. The highest BCUT2D eigenvalue weighted by molar-refractivity contribution is 5.42. The van der Waals surface area contributed by atoms with Crippen molar-refractivity contribution in [2.75, 3.05) is 18.5 Å². The van der Waals surface area contributed by atoms with Gasteiger partial charge >= 0.3 is 5.69 Å². The van der Waals surface area contributed by atoms with Crippen molar-refractivity contribution >= 4 is 5.82 Å². The molecule has 1 aliphatic rings. The van der Waals surface area contributed by atoms with Gasteiger partial charge in [0.2, 0.25) is 5.88 Å². The number of nitrogens with zero attached hydrogens (tertiary/aromatic N) is 3. The summed E-state index contributed by atoms with van der Waals surface area (Å²) in [5.74, 6) is 0.349. The molecule has 2 heterocycles. The zero-order valence-corrected chi connectivity index (χ0v) is 12.8. The molecule has 1 aromatic carbocycles. The van der Waals surface area contributed by atoms with Crippen LogP contribution >= 0.6 is 0 Å². The lowest BCUT2D eigenvalue weighted by molar-refractivity contribution is 0.289. The summed E-state index contributed by atoms with van der Waals surface area (Å²) in [7, 11) is 1.90. The maximum Gasteiger partial charge on any atom is 0.352 e. The van der Waals surface area contributed by atoms with Crippen LogP contribution < -0.4 is 15.3 Å². The second-order valence-corrected chi connectivity index (χ2v) is 5.51. The van der Waals surface area contributed by atoms with E-state index in [1.54, 1.807) is 16.7 Å². The highest BCUT2D eigenvalue weighted by Crippen LogP contribution is 2.21. The van der Waals surface area contributed by atoms with Crippen molar-refractivity contribution in [2.45, 2.75) is 26.2 Å². The van der Waals surface area contributed by atoms with Gasteiger partial charge in [-0.2, -0.15) is 4.98 Å². The fourth-order valence-electron chi connectivity index (χ4n) is 2.60. The van der Waals surface area contributed by atoms with Crippen molar-refractivity contribution in [1.29, 1.82) is 0 Å². The Hall–Kier alpha value is -2.44. The SMILES string of the molecule is CN1CCCn2c1cc(OCc1ccc(CF)c(F)c1)nc2=O. The van der Waals surface area contributed by atoms with Crippen molar-refractivity contribution in [2.24, 2.45) is 0 Å². The third-order valence-corrected chi connectivity index (χ3v) is 3.88. The number of hydrogen-bond donors (Lipinski definition) is 0. The number of aromatic nitrogens is 2. The molecule has 0 saturated heterocycles. The smallest absolute Gasteiger partial charge is 0.352 e. The van der Waals surface area contributed by atoms with Gasteiger partial charge in [-0.1, -0.05) is 12.1 Å². The van der Waals surface area contributed by atoms with E-state index in [4.69, 9.17) is 4.74 Å². The summed E-state index contributed by atoms with van der Waals surface area (Å²) < 4.78 is 33.1. The quantitative estimate of drug-likeness (QED) is 0.867. The van der Waals surface area contributed by atoms with Gasteiger partial charge in [0.15, 0.2) is 0 Å². The molecular weight excluding hydrogens is 304 g/mol. The van der Waals surface area contributed by atoms with Crippen LogP contribution in [0.3, 0.4) is 0 Å². The molecule has 0 radical (unpaired) electrons. The Kier molecular flexibility index (Phi) is 4.27. The fourth-order valence-corrected chi connectivity index (χ4v) is 2.60. The number of hydrogen-bond acceptors (Lipinski definition) is 4. The number of halogens is 2. The van der Waals surface area contributed by atoms with E-state index in [0.717, 1.165) is 18.8 Å². The van der Waals surface area contributed by atoms with E-state index in [1.165, 1.54) is 12.1 Å². The first kappa shape index (κ1) is 15.5. The average molecular weight is 321 g/mol. The zero-order valence-electron chi connectivity index (χ0n) is 12.8. The van der Waals surface area contributed by atoms with E-state index in [-0.39, 0.29) is 23.7 Å². The van der Waals surface area contributed by atoms with E-state index in [1.807, 2.05) is 11.9 Å². The molecule has 0 unspecified atom stereocenters. The van der Waals surface area contributed by atoms with Crippen molar-refractivity contribution in [3.8, 4) is 5.88 Å². The molecule has 1 aromatic heterocycles. The summed E-state index contributed by atoms with van der Waals surface area (Å²) >= 11 is 0. The summed E-state index contributed by atoms with van der Waals surface area (Å²) in [4.78, 5) is 17.9. The van der Waals surface area contributed by atoms with E-state index in [0.29, 0.717) is 12.1 Å². The molecular formula is C16H17F2N3O2. The van der Waals surface area contributed by atoms with Crippen LogP contribution in [-0.4, -0.2) is 23.1 Å².